The maximum atomic E-state index is 7.96. The van der Waals surface area contributed by atoms with Gasteiger partial charge in [-0.15, -0.1) is 0 Å². The zero-order valence-corrected chi connectivity index (χ0v) is 7.94. The molecule has 0 aliphatic rings. The molecule has 0 aromatic heterocycles. The second-order valence-electron chi connectivity index (χ2n) is 2.31. The largest absolute Gasteiger partial charge is 0.429 e. The summed E-state index contributed by atoms with van der Waals surface area (Å²) in [6, 6.07) is 7.15. The Morgan fingerprint density at radius 1 is 1.43 bits per heavy atom. The molecule has 14 heavy (non-hydrogen) atoms. The van der Waals surface area contributed by atoms with Gasteiger partial charge >= 0.3 is 0 Å². The molecule has 0 radical (unpaired) electrons. The Morgan fingerprint density at radius 3 is 2.71 bits per heavy atom. The molecule has 0 saturated heterocycles. The number of hydrogen-bond donors (Lipinski definition) is 0. The summed E-state index contributed by atoms with van der Waals surface area (Å²) in [7, 11) is 0. The molecule has 70 valence electrons. The van der Waals surface area contributed by atoms with Crippen LogP contribution in [0.25, 0.3) is 10.4 Å². The normalized spacial score (nSPS) is 8.29. The minimum absolute atomic E-state index is 0.242. The lowest BCUT2D eigenvalue weighted by Crippen LogP contribution is -1.84. The van der Waals surface area contributed by atoms with Gasteiger partial charge in [0.1, 0.15) is 11.9 Å². The van der Waals surface area contributed by atoms with Crippen molar-refractivity contribution in [2.24, 2.45) is 10.3 Å². The second-order valence-corrected chi connectivity index (χ2v) is 2.50. The molecule has 0 spiro atoms. The third kappa shape index (κ3) is 3.25. The summed E-state index contributed by atoms with van der Waals surface area (Å²) in [4.78, 5) is 10.9. The Labute approximate surface area is 85.6 Å². The van der Waals surface area contributed by atoms with Crippen LogP contribution in [0.4, 0.5) is 5.69 Å². The van der Waals surface area contributed by atoms with Crippen molar-refractivity contribution in [3.8, 4) is 0 Å². The standard InChI is InChI=1S/C8H6N4OS/c9-11-12-13-5-7-1-3-8(4-2-7)10-6-14/h1-4H,5H2. The SMILES string of the molecule is [N-]=[N+]=NOCc1ccc(N=C=S)cc1. The van der Waals surface area contributed by atoms with Crippen LogP contribution in [0.3, 0.4) is 0 Å². The lowest BCUT2D eigenvalue weighted by molar-refractivity contribution is 0.124. The van der Waals surface area contributed by atoms with Crippen molar-refractivity contribution in [2.45, 2.75) is 6.61 Å². The molecule has 0 atom stereocenters. The fourth-order valence-electron chi connectivity index (χ4n) is 0.849. The zero-order chi connectivity index (χ0) is 10.2. The number of aliphatic imine (C=N–C) groups is 1. The molecule has 0 bridgehead atoms. The number of benzene rings is 1. The second kappa shape index (κ2) is 5.72. The highest BCUT2D eigenvalue weighted by atomic mass is 32.1. The molecular weight excluding hydrogens is 200 g/mol. The van der Waals surface area contributed by atoms with Gasteiger partial charge in [-0.05, 0) is 35.4 Å². The van der Waals surface area contributed by atoms with E-state index in [9.17, 15) is 0 Å². The number of nitrogens with zero attached hydrogens (tertiary/aromatic N) is 4. The lowest BCUT2D eigenvalue weighted by atomic mass is 10.2. The Morgan fingerprint density at radius 2 is 2.14 bits per heavy atom. The number of rotatable bonds is 4. The molecule has 0 N–H and O–H groups in total. The first-order chi connectivity index (χ1) is 6.86. The smallest absolute Gasteiger partial charge is 0.122 e. The van der Waals surface area contributed by atoms with Gasteiger partial charge in [0.2, 0.25) is 0 Å². The van der Waals surface area contributed by atoms with Crippen molar-refractivity contribution in [2.75, 3.05) is 0 Å². The zero-order valence-electron chi connectivity index (χ0n) is 7.12. The molecule has 0 fully saturated rings. The predicted octanol–water partition coefficient (Wildman–Crippen LogP) is 3.16. The molecule has 5 nitrogen and oxygen atoms in total. The van der Waals surface area contributed by atoms with Crippen LogP contribution < -0.4 is 0 Å². The van der Waals surface area contributed by atoms with Crippen LogP contribution >= 0.6 is 12.2 Å². The van der Waals surface area contributed by atoms with E-state index in [1.165, 1.54) is 0 Å². The van der Waals surface area contributed by atoms with Gasteiger partial charge in [-0.1, -0.05) is 12.1 Å². The van der Waals surface area contributed by atoms with Crippen LogP contribution in [0.5, 0.6) is 0 Å². The van der Waals surface area contributed by atoms with Gasteiger partial charge in [0.15, 0.2) is 0 Å². The van der Waals surface area contributed by atoms with E-state index in [0.29, 0.717) is 0 Å². The average molecular weight is 206 g/mol. The fraction of sp³-hybridized carbons (Fsp3) is 0.125. The highest BCUT2D eigenvalue weighted by molar-refractivity contribution is 7.78. The molecule has 0 unspecified atom stereocenters. The average Bonchev–Trinajstić information content (AvgIpc) is 2.21. The van der Waals surface area contributed by atoms with Crippen LogP contribution in [0, 0.1) is 0 Å². The predicted molar refractivity (Wildman–Crippen MR) is 55.1 cm³/mol. The first-order valence-electron chi connectivity index (χ1n) is 3.70. The molecular formula is C8H6N4OS. The number of thiocarbonyl (C=S) groups is 1. The van der Waals surface area contributed by atoms with E-state index in [1.807, 2.05) is 0 Å². The van der Waals surface area contributed by atoms with Crippen LogP contribution in [-0.4, -0.2) is 5.16 Å². The van der Waals surface area contributed by atoms with Crippen molar-refractivity contribution in [3.05, 3.63) is 40.3 Å². The van der Waals surface area contributed by atoms with Crippen LogP contribution in [0.2, 0.25) is 0 Å². The highest BCUT2D eigenvalue weighted by Gasteiger charge is 1.92. The van der Waals surface area contributed by atoms with Gasteiger partial charge in [-0.3, -0.25) is 0 Å². The molecule has 1 aromatic carbocycles. The van der Waals surface area contributed by atoms with E-state index >= 15 is 0 Å². The van der Waals surface area contributed by atoms with E-state index < -0.39 is 0 Å². The van der Waals surface area contributed by atoms with Gasteiger partial charge in [-0.2, -0.15) is 4.99 Å². The molecule has 0 aliphatic carbocycles. The first kappa shape index (κ1) is 10.2. The highest BCUT2D eigenvalue weighted by Crippen LogP contribution is 2.12. The molecule has 0 heterocycles. The van der Waals surface area contributed by atoms with E-state index in [0.717, 1.165) is 11.3 Å². The minimum atomic E-state index is 0.242. The third-order valence-electron chi connectivity index (χ3n) is 1.44. The quantitative estimate of drug-likeness (QED) is 0.189. The molecule has 0 saturated carbocycles. The summed E-state index contributed by atoms with van der Waals surface area (Å²) in [6.07, 6.45) is 0. The summed E-state index contributed by atoms with van der Waals surface area (Å²) in [5.74, 6) is 0. The van der Waals surface area contributed by atoms with Gasteiger partial charge < -0.3 is 4.84 Å². The van der Waals surface area contributed by atoms with E-state index in [4.69, 9.17) is 5.53 Å². The molecule has 6 heteroatoms. The lowest BCUT2D eigenvalue weighted by Gasteiger charge is -1.98. The number of isothiocyanates is 1. The monoisotopic (exact) mass is 206 g/mol. The summed E-state index contributed by atoms with van der Waals surface area (Å²) in [5, 5.41) is 5.22. The Hall–Kier alpha value is -1.87. The third-order valence-corrected chi connectivity index (χ3v) is 1.53. The van der Waals surface area contributed by atoms with E-state index in [2.05, 4.69) is 37.4 Å². The van der Waals surface area contributed by atoms with Crippen molar-refractivity contribution in [3.63, 3.8) is 0 Å². The maximum absolute atomic E-state index is 7.96. The first-order valence-corrected chi connectivity index (χ1v) is 4.11. The van der Waals surface area contributed by atoms with Crippen molar-refractivity contribution < 1.29 is 4.84 Å². The van der Waals surface area contributed by atoms with E-state index in [1.54, 1.807) is 24.3 Å². The molecule has 0 amide bonds. The summed E-state index contributed by atoms with van der Waals surface area (Å²) in [5.41, 5.74) is 9.58. The van der Waals surface area contributed by atoms with Gasteiger partial charge in [0.25, 0.3) is 0 Å². The summed E-state index contributed by atoms with van der Waals surface area (Å²) in [6.45, 7) is 0.242. The minimum Gasteiger partial charge on any atom is -0.429 e. The number of azide groups is 1. The Balaban J connectivity index is 2.63. The molecule has 1 aromatic rings. The van der Waals surface area contributed by atoms with Crippen LogP contribution in [0.15, 0.2) is 34.5 Å². The van der Waals surface area contributed by atoms with Gasteiger partial charge in [0.05, 0.1) is 10.8 Å². The van der Waals surface area contributed by atoms with Crippen LogP contribution in [0.1, 0.15) is 5.56 Å². The Bertz CT molecular complexity index is 390. The van der Waals surface area contributed by atoms with Gasteiger partial charge in [-0.25, -0.2) is 0 Å². The number of hydrogen-bond acceptors (Lipinski definition) is 4. The van der Waals surface area contributed by atoms with Crippen molar-refractivity contribution in [1.29, 1.82) is 0 Å². The van der Waals surface area contributed by atoms with Crippen molar-refractivity contribution >= 4 is 23.1 Å². The topological polar surface area (TPSA) is 70.4 Å². The summed E-state index contributed by atoms with van der Waals surface area (Å²) < 4.78 is 0. The molecule has 1 rings (SSSR count). The molecule has 0 aliphatic heterocycles. The Kier molecular flexibility index (Phi) is 4.17. The van der Waals surface area contributed by atoms with E-state index in [-0.39, 0.29) is 6.61 Å². The van der Waals surface area contributed by atoms with Gasteiger partial charge in [0, 0.05) is 4.91 Å². The summed E-state index contributed by atoms with van der Waals surface area (Å²) >= 11 is 4.46. The van der Waals surface area contributed by atoms with Crippen molar-refractivity contribution in [1.82, 2.24) is 0 Å². The fourth-order valence-corrected chi connectivity index (χ4v) is 0.954. The van der Waals surface area contributed by atoms with Crippen LogP contribution in [-0.2, 0) is 11.4 Å². The maximum Gasteiger partial charge on any atom is 0.122 e.